The van der Waals surface area contributed by atoms with Crippen molar-refractivity contribution < 1.29 is 18.0 Å². The third-order valence-electron chi connectivity index (χ3n) is 4.95. The minimum absolute atomic E-state index is 0.0335. The van der Waals surface area contributed by atoms with Gasteiger partial charge < -0.3 is 15.5 Å². The first-order chi connectivity index (χ1) is 13.7. The molecule has 1 unspecified atom stereocenters. The molecule has 1 heterocycles. The molecule has 0 aliphatic carbocycles. The lowest BCUT2D eigenvalue weighted by Gasteiger charge is -2.29. The number of nitrogens with zero attached hydrogens (tertiary/aromatic N) is 2. The minimum Gasteiger partial charge on any atom is -0.354 e. The monoisotopic (exact) mass is 424 g/mol. The van der Waals surface area contributed by atoms with E-state index in [1.54, 1.807) is 0 Å². The summed E-state index contributed by atoms with van der Waals surface area (Å²) in [4.78, 5) is 26.8. The summed E-state index contributed by atoms with van der Waals surface area (Å²) in [6, 6.07) is 5.77. The predicted octanol–water partition coefficient (Wildman–Crippen LogP) is 0.905. The molecule has 1 aromatic rings. The van der Waals surface area contributed by atoms with Gasteiger partial charge in [0.25, 0.3) is 5.91 Å². The zero-order chi connectivity index (χ0) is 21.4. The summed E-state index contributed by atoms with van der Waals surface area (Å²) in [5, 5.41) is 5.39. The van der Waals surface area contributed by atoms with E-state index in [9.17, 15) is 18.0 Å². The third-order valence-corrected chi connectivity index (χ3v) is 6.76. The van der Waals surface area contributed by atoms with Crippen molar-refractivity contribution in [2.45, 2.75) is 31.1 Å². The van der Waals surface area contributed by atoms with Crippen LogP contribution in [-0.4, -0.2) is 76.3 Å². The summed E-state index contributed by atoms with van der Waals surface area (Å²) in [6.45, 7) is 5.71. The number of carbonyl (C=O) groups is 2. The maximum atomic E-state index is 12.3. The van der Waals surface area contributed by atoms with E-state index in [0.717, 1.165) is 23.9 Å². The van der Waals surface area contributed by atoms with E-state index < -0.39 is 15.9 Å². The van der Waals surface area contributed by atoms with Gasteiger partial charge in [0.2, 0.25) is 15.9 Å². The van der Waals surface area contributed by atoms with Gasteiger partial charge in [0.1, 0.15) is 0 Å². The molecule has 2 N–H and O–H groups in total. The van der Waals surface area contributed by atoms with Crippen molar-refractivity contribution in [2.75, 3.05) is 46.8 Å². The highest BCUT2D eigenvalue weighted by atomic mass is 32.2. The molecule has 0 spiro atoms. The maximum absolute atomic E-state index is 12.3. The molecule has 1 fully saturated rings. The molecule has 2 amide bonds. The molecule has 29 heavy (non-hydrogen) atoms. The second-order valence-electron chi connectivity index (χ2n) is 7.77. The van der Waals surface area contributed by atoms with Crippen LogP contribution in [0.5, 0.6) is 0 Å². The fourth-order valence-electron chi connectivity index (χ4n) is 3.27. The molecular formula is C20H32N4O4S. The molecule has 0 aromatic heterocycles. The summed E-state index contributed by atoms with van der Waals surface area (Å²) in [5.74, 6) is -0.418. The van der Waals surface area contributed by atoms with Crippen LogP contribution in [0.15, 0.2) is 29.2 Å². The quantitative estimate of drug-likeness (QED) is 0.614. The summed E-state index contributed by atoms with van der Waals surface area (Å²) < 4.78 is 25.5. The molecule has 0 saturated carbocycles. The van der Waals surface area contributed by atoms with Crippen LogP contribution in [-0.2, 0) is 14.8 Å². The molecule has 0 bridgehead atoms. The Labute approximate surface area is 173 Å². The molecule has 0 radical (unpaired) electrons. The fourth-order valence-corrected chi connectivity index (χ4v) is 4.22. The number of amides is 2. The Hall–Kier alpha value is -1.97. The number of sulfonamides is 1. The zero-order valence-corrected chi connectivity index (χ0v) is 18.3. The number of hydrogen-bond donors (Lipinski definition) is 2. The normalized spacial score (nSPS) is 16.4. The first-order valence-corrected chi connectivity index (χ1v) is 11.4. The Balaban J connectivity index is 1.79. The second kappa shape index (κ2) is 10.7. The molecule has 1 aromatic carbocycles. The Morgan fingerprint density at radius 1 is 1.14 bits per heavy atom. The van der Waals surface area contributed by atoms with E-state index in [-0.39, 0.29) is 22.9 Å². The largest absolute Gasteiger partial charge is 0.354 e. The van der Waals surface area contributed by atoms with Crippen molar-refractivity contribution in [1.82, 2.24) is 19.8 Å². The van der Waals surface area contributed by atoms with Crippen LogP contribution in [0.4, 0.5) is 0 Å². The van der Waals surface area contributed by atoms with Crippen molar-refractivity contribution in [3.05, 3.63) is 29.8 Å². The van der Waals surface area contributed by atoms with Gasteiger partial charge >= 0.3 is 0 Å². The van der Waals surface area contributed by atoms with Crippen LogP contribution in [0.2, 0.25) is 0 Å². The number of nitrogens with one attached hydrogen (secondary N) is 2. The average molecular weight is 425 g/mol. The Bertz CT molecular complexity index is 804. The Kier molecular flexibility index (Phi) is 8.60. The van der Waals surface area contributed by atoms with Crippen LogP contribution in [0, 0.1) is 5.92 Å². The van der Waals surface area contributed by atoms with Gasteiger partial charge in [-0.25, -0.2) is 12.7 Å². The molecule has 9 heteroatoms. The van der Waals surface area contributed by atoms with Gasteiger partial charge in [-0.3, -0.25) is 9.59 Å². The van der Waals surface area contributed by atoms with Gasteiger partial charge in [-0.15, -0.1) is 0 Å². The lowest BCUT2D eigenvalue weighted by molar-refractivity contribution is -0.120. The van der Waals surface area contributed by atoms with Gasteiger partial charge in [-0.2, -0.15) is 0 Å². The Morgan fingerprint density at radius 2 is 1.83 bits per heavy atom. The number of benzene rings is 1. The number of piperidine rings is 1. The molecular weight excluding hydrogens is 392 g/mol. The number of hydrogen-bond acceptors (Lipinski definition) is 5. The van der Waals surface area contributed by atoms with Gasteiger partial charge in [0.15, 0.2) is 0 Å². The van der Waals surface area contributed by atoms with Crippen molar-refractivity contribution in [1.29, 1.82) is 0 Å². The van der Waals surface area contributed by atoms with Crippen molar-refractivity contribution >= 4 is 21.8 Å². The lowest BCUT2D eigenvalue weighted by Crippen LogP contribution is -2.41. The van der Waals surface area contributed by atoms with Crippen LogP contribution < -0.4 is 10.6 Å². The maximum Gasteiger partial charge on any atom is 0.251 e. The third kappa shape index (κ3) is 7.09. The fraction of sp³-hybridized carbons (Fsp3) is 0.600. The summed E-state index contributed by atoms with van der Waals surface area (Å²) >= 11 is 0. The zero-order valence-electron chi connectivity index (χ0n) is 17.5. The van der Waals surface area contributed by atoms with Crippen molar-refractivity contribution in [2.24, 2.45) is 5.92 Å². The topological polar surface area (TPSA) is 98.8 Å². The van der Waals surface area contributed by atoms with Gasteiger partial charge in [-0.05, 0) is 50.0 Å². The van der Waals surface area contributed by atoms with E-state index in [1.807, 2.05) is 0 Å². The molecule has 1 saturated heterocycles. The van der Waals surface area contributed by atoms with Crippen LogP contribution in [0.25, 0.3) is 0 Å². The number of likely N-dealkylation sites (tertiary alicyclic amines) is 1. The smallest absolute Gasteiger partial charge is 0.251 e. The molecule has 1 atom stereocenters. The highest BCUT2D eigenvalue weighted by molar-refractivity contribution is 7.89. The molecule has 1 aliphatic heterocycles. The molecule has 162 valence electrons. The molecule has 2 rings (SSSR count). The number of rotatable bonds is 9. The molecule has 1 aliphatic rings. The second-order valence-corrected chi connectivity index (χ2v) is 9.92. The van der Waals surface area contributed by atoms with Crippen molar-refractivity contribution in [3.63, 3.8) is 0 Å². The average Bonchev–Trinajstić information content (AvgIpc) is 2.71. The van der Waals surface area contributed by atoms with E-state index >= 15 is 0 Å². The van der Waals surface area contributed by atoms with Gasteiger partial charge in [-0.1, -0.05) is 19.4 Å². The predicted molar refractivity (Wildman–Crippen MR) is 112 cm³/mol. The van der Waals surface area contributed by atoms with E-state index in [1.165, 1.54) is 57.6 Å². The first kappa shape index (κ1) is 23.3. The van der Waals surface area contributed by atoms with E-state index in [4.69, 9.17) is 0 Å². The number of carbonyl (C=O) groups excluding carboxylic acids is 2. The summed E-state index contributed by atoms with van der Waals surface area (Å²) in [5.41, 5.74) is 0.194. The van der Waals surface area contributed by atoms with Gasteiger partial charge in [0.05, 0.1) is 11.4 Å². The lowest BCUT2D eigenvalue weighted by atomic mass is 10.1. The van der Waals surface area contributed by atoms with Crippen LogP contribution in [0.3, 0.4) is 0 Å². The van der Waals surface area contributed by atoms with E-state index in [2.05, 4.69) is 22.5 Å². The van der Waals surface area contributed by atoms with Crippen LogP contribution in [0.1, 0.15) is 36.5 Å². The summed E-state index contributed by atoms with van der Waals surface area (Å²) in [7, 11) is -0.766. The highest BCUT2D eigenvalue weighted by Crippen LogP contribution is 2.15. The highest BCUT2D eigenvalue weighted by Gasteiger charge is 2.19. The standard InChI is InChI=1S/C20H32N4O4S/c1-16(15-24-10-5-4-6-11-24)13-21-19(25)14-22-20(26)17-8-7-9-18(12-17)29(27,28)23(2)3/h7-9,12,16H,4-6,10-11,13-15H2,1-3H3,(H,21,25)(H,22,26). The molecule has 8 nitrogen and oxygen atoms in total. The van der Waals surface area contributed by atoms with Crippen molar-refractivity contribution in [3.8, 4) is 0 Å². The summed E-state index contributed by atoms with van der Waals surface area (Å²) in [6.07, 6.45) is 3.77. The Morgan fingerprint density at radius 3 is 2.48 bits per heavy atom. The van der Waals surface area contributed by atoms with Crippen LogP contribution >= 0.6 is 0 Å². The van der Waals surface area contributed by atoms with E-state index in [0.29, 0.717) is 12.5 Å². The minimum atomic E-state index is -3.62. The SMILES string of the molecule is CC(CNC(=O)CNC(=O)c1cccc(S(=O)(=O)N(C)C)c1)CN1CCCCC1. The van der Waals surface area contributed by atoms with Gasteiger partial charge in [0, 0.05) is 32.7 Å². The first-order valence-electron chi connectivity index (χ1n) is 10.00.